The highest BCUT2D eigenvalue weighted by Gasteiger charge is 2.34. The molecule has 0 spiro atoms. The Morgan fingerprint density at radius 1 is 1.17 bits per heavy atom. The fourth-order valence-corrected chi connectivity index (χ4v) is 3.68. The van der Waals surface area contributed by atoms with Crippen molar-refractivity contribution in [1.82, 2.24) is 19.6 Å². The number of likely N-dealkylation sites (N-methyl/N-ethyl adjacent to an activating group) is 1. The monoisotopic (exact) mass is 320 g/mol. The van der Waals surface area contributed by atoms with E-state index in [1.165, 1.54) is 0 Å². The summed E-state index contributed by atoms with van der Waals surface area (Å²) in [5.41, 5.74) is 2.83. The van der Waals surface area contributed by atoms with Crippen molar-refractivity contribution in [3.8, 4) is 0 Å². The minimum absolute atomic E-state index is 0.0370. The molecule has 6 nitrogen and oxygen atoms in total. The van der Waals surface area contributed by atoms with Crippen molar-refractivity contribution < 1.29 is 9.53 Å². The number of aryl methyl sites for hydroxylation is 1. The minimum atomic E-state index is -0.0370. The van der Waals surface area contributed by atoms with Crippen LogP contribution in [0.4, 0.5) is 0 Å². The number of carbonyl (C=O) groups excluding carboxylic acids is 1. The van der Waals surface area contributed by atoms with Gasteiger partial charge in [-0.15, -0.1) is 0 Å². The number of amides is 1. The molecule has 1 aromatic rings. The van der Waals surface area contributed by atoms with Crippen LogP contribution in [0.1, 0.15) is 55.5 Å². The number of rotatable bonds is 3. The van der Waals surface area contributed by atoms with Crippen molar-refractivity contribution in [3.05, 3.63) is 17.0 Å². The lowest BCUT2D eigenvalue weighted by atomic mass is 9.99. The van der Waals surface area contributed by atoms with E-state index >= 15 is 0 Å². The van der Waals surface area contributed by atoms with Crippen LogP contribution in [0.3, 0.4) is 0 Å². The molecule has 1 amide bonds. The average molecular weight is 320 g/mol. The Hall–Kier alpha value is -1.40. The summed E-state index contributed by atoms with van der Waals surface area (Å²) in [6.45, 7) is 13.6. The van der Waals surface area contributed by atoms with Crippen LogP contribution in [0.15, 0.2) is 0 Å². The van der Waals surface area contributed by atoms with E-state index in [0.717, 1.165) is 56.1 Å². The Morgan fingerprint density at radius 2 is 1.87 bits per heavy atom. The van der Waals surface area contributed by atoms with Crippen molar-refractivity contribution in [1.29, 1.82) is 0 Å². The third-order valence-electron chi connectivity index (χ3n) is 5.00. The number of hydrogen-bond acceptors (Lipinski definition) is 4. The van der Waals surface area contributed by atoms with Gasteiger partial charge in [0.05, 0.1) is 17.9 Å². The van der Waals surface area contributed by atoms with E-state index in [4.69, 9.17) is 4.74 Å². The third-order valence-corrected chi connectivity index (χ3v) is 5.00. The number of nitrogens with zero attached hydrogens (tertiary/aromatic N) is 4. The molecule has 0 radical (unpaired) electrons. The molecule has 128 valence electrons. The first-order valence-electron chi connectivity index (χ1n) is 8.81. The van der Waals surface area contributed by atoms with Gasteiger partial charge in [-0.05, 0) is 27.3 Å². The number of aromatic nitrogens is 2. The minimum Gasteiger partial charge on any atom is -0.369 e. The molecule has 1 saturated heterocycles. The quantitative estimate of drug-likeness (QED) is 0.851. The Labute approximate surface area is 138 Å². The molecule has 0 saturated carbocycles. The van der Waals surface area contributed by atoms with Gasteiger partial charge in [0.2, 0.25) is 0 Å². The maximum absolute atomic E-state index is 13.1. The smallest absolute Gasteiger partial charge is 0.272 e. The van der Waals surface area contributed by atoms with Crippen LogP contribution in [-0.2, 0) is 17.7 Å². The summed E-state index contributed by atoms with van der Waals surface area (Å²) in [6.07, 6.45) is 0.871. The van der Waals surface area contributed by atoms with E-state index in [1.54, 1.807) is 0 Å². The molecule has 0 N–H and O–H groups in total. The summed E-state index contributed by atoms with van der Waals surface area (Å²) < 4.78 is 7.74. The van der Waals surface area contributed by atoms with E-state index in [-0.39, 0.29) is 18.1 Å². The molecule has 0 aliphatic carbocycles. The van der Waals surface area contributed by atoms with Gasteiger partial charge in [-0.1, -0.05) is 6.92 Å². The van der Waals surface area contributed by atoms with E-state index < -0.39 is 0 Å². The molecule has 1 fully saturated rings. The second kappa shape index (κ2) is 6.61. The first kappa shape index (κ1) is 16.5. The van der Waals surface area contributed by atoms with Crippen LogP contribution in [0.2, 0.25) is 0 Å². The molecule has 23 heavy (non-hydrogen) atoms. The summed E-state index contributed by atoms with van der Waals surface area (Å²) >= 11 is 0. The molecule has 2 atom stereocenters. The molecular formula is C17H28N4O2. The first-order chi connectivity index (χ1) is 11.0. The lowest BCUT2D eigenvalue weighted by molar-refractivity contribution is -0.00718. The van der Waals surface area contributed by atoms with Crippen LogP contribution in [0.5, 0.6) is 0 Å². The molecular weight excluding hydrogens is 292 g/mol. The maximum Gasteiger partial charge on any atom is 0.272 e. The summed E-state index contributed by atoms with van der Waals surface area (Å²) in [5, 5.41) is 4.67. The average Bonchev–Trinajstić information content (AvgIpc) is 2.93. The zero-order valence-corrected chi connectivity index (χ0v) is 14.7. The first-order valence-corrected chi connectivity index (χ1v) is 8.81. The van der Waals surface area contributed by atoms with Crippen LogP contribution in [0, 0.1) is 0 Å². The number of piperazine rings is 1. The predicted molar refractivity (Wildman–Crippen MR) is 88.6 cm³/mol. The molecule has 3 rings (SSSR count). The molecule has 0 aromatic carbocycles. The summed E-state index contributed by atoms with van der Waals surface area (Å²) in [4.78, 5) is 17.5. The Kier molecular flexibility index (Phi) is 4.73. The van der Waals surface area contributed by atoms with Crippen LogP contribution < -0.4 is 0 Å². The van der Waals surface area contributed by atoms with E-state index in [9.17, 15) is 4.79 Å². The van der Waals surface area contributed by atoms with Crippen LogP contribution >= 0.6 is 0 Å². The molecule has 0 bridgehead atoms. The van der Waals surface area contributed by atoms with Gasteiger partial charge in [0.25, 0.3) is 5.91 Å². The van der Waals surface area contributed by atoms with E-state index in [0.29, 0.717) is 6.54 Å². The molecule has 6 heteroatoms. The lowest BCUT2D eigenvalue weighted by Crippen LogP contribution is -2.49. The Bertz CT molecular complexity index is 575. The highest BCUT2D eigenvalue weighted by Crippen LogP contribution is 2.32. The zero-order valence-electron chi connectivity index (χ0n) is 14.7. The highest BCUT2D eigenvalue weighted by molar-refractivity contribution is 5.94. The van der Waals surface area contributed by atoms with E-state index in [2.05, 4.69) is 23.8 Å². The van der Waals surface area contributed by atoms with Gasteiger partial charge >= 0.3 is 0 Å². The van der Waals surface area contributed by atoms with Crippen LogP contribution in [0.25, 0.3) is 0 Å². The van der Waals surface area contributed by atoms with Gasteiger partial charge in [-0.3, -0.25) is 9.48 Å². The van der Waals surface area contributed by atoms with Crippen molar-refractivity contribution in [3.63, 3.8) is 0 Å². The second-order valence-electron chi connectivity index (χ2n) is 6.55. The van der Waals surface area contributed by atoms with Crippen molar-refractivity contribution in [2.75, 3.05) is 32.7 Å². The topological polar surface area (TPSA) is 50.6 Å². The van der Waals surface area contributed by atoms with Gasteiger partial charge < -0.3 is 14.5 Å². The largest absolute Gasteiger partial charge is 0.369 e. The third kappa shape index (κ3) is 3.02. The van der Waals surface area contributed by atoms with E-state index in [1.807, 2.05) is 23.4 Å². The highest BCUT2D eigenvalue weighted by atomic mass is 16.5. The van der Waals surface area contributed by atoms with Crippen LogP contribution in [-0.4, -0.2) is 64.3 Å². The van der Waals surface area contributed by atoms with Gasteiger partial charge in [-0.2, -0.15) is 5.10 Å². The van der Waals surface area contributed by atoms with Crippen molar-refractivity contribution >= 4 is 5.91 Å². The molecule has 2 aliphatic rings. The number of fused-ring (bicyclic) bond motifs is 1. The SMILES string of the molecule is CCN1CCN(C(=O)c2c3c(nn2CC)[C@H](C)O[C@H](C)C3)CC1. The fraction of sp³-hybridized carbons (Fsp3) is 0.765. The Morgan fingerprint density at radius 3 is 2.48 bits per heavy atom. The van der Waals surface area contributed by atoms with Gasteiger partial charge in [0.1, 0.15) is 5.69 Å². The fourth-order valence-electron chi connectivity index (χ4n) is 3.68. The molecule has 1 aromatic heterocycles. The summed E-state index contributed by atoms with van der Waals surface area (Å²) in [5.74, 6) is 0.137. The Balaban J connectivity index is 1.88. The lowest BCUT2D eigenvalue weighted by Gasteiger charge is -2.34. The standard InChI is InChI=1S/C17H28N4O2/c1-5-19-7-9-20(10-8-19)17(22)16-14-11-12(3)23-13(4)15(14)18-21(16)6-2/h12-13H,5-11H2,1-4H3/t12-,13+/m1/s1. The summed E-state index contributed by atoms with van der Waals surface area (Å²) in [6, 6.07) is 0. The van der Waals surface area contributed by atoms with Gasteiger partial charge in [0, 0.05) is 44.7 Å². The molecule has 2 aliphatic heterocycles. The number of hydrogen-bond donors (Lipinski definition) is 0. The van der Waals surface area contributed by atoms with Gasteiger partial charge in [0.15, 0.2) is 0 Å². The molecule has 3 heterocycles. The molecule has 0 unspecified atom stereocenters. The summed E-state index contributed by atoms with van der Waals surface area (Å²) in [7, 11) is 0. The second-order valence-corrected chi connectivity index (χ2v) is 6.55. The number of ether oxygens (including phenoxy) is 1. The van der Waals surface area contributed by atoms with Crippen molar-refractivity contribution in [2.24, 2.45) is 0 Å². The number of carbonyl (C=O) groups is 1. The van der Waals surface area contributed by atoms with Gasteiger partial charge in [-0.25, -0.2) is 0 Å². The van der Waals surface area contributed by atoms with Crippen molar-refractivity contribution in [2.45, 2.75) is 52.9 Å². The predicted octanol–water partition coefficient (Wildman–Crippen LogP) is 1.70. The normalized spacial score (nSPS) is 25.5. The zero-order chi connectivity index (χ0) is 16.6. The maximum atomic E-state index is 13.1.